The molecule has 1 aliphatic heterocycles. The molecule has 0 bridgehead atoms. The Morgan fingerprint density at radius 1 is 1.37 bits per heavy atom. The number of rotatable bonds is 3. The number of hydrogen-bond acceptors (Lipinski definition) is 2. The Morgan fingerprint density at radius 2 is 2.11 bits per heavy atom. The molecule has 19 heavy (non-hydrogen) atoms. The van der Waals surface area contributed by atoms with Crippen molar-refractivity contribution < 1.29 is 4.79 Å². The number of amides is 2. The van der Waals surface area contributed by atoms with Gasteiger partial charge < -0.3 is 4.90 Å². The van der Waals surface area contributed by atoms with Gasteiger partial charge in [0.15, 0.2) is 0 Å². The molecule has 1 saturated carbocycles. The zero-order valence-corrected chi connectivity index (χ0v) is 11.4. The van der Waals surface area contributed by atoms with Gasteiger partial charge >= 0.3 is 6.03 Å². The molecule has 1 saturated heterocycles. The summed E-state index contributed by atoms with van der Waals surface area (Å²) in [5.74, 6) is 0.933. The van der Waals surface area contributed by atoms with Gasteiger partial charge in [-0.2, -0.15) is 0 Å². The molecule has 4 heteroatoms. The van der Waals surface area contributed by atoms with Crippen molar-refractivity contribution in [3.63, 3.8) is 0 Å². The fourth-order valence-electron chi connectivity index (χ4n) is 2.75. The van der Waals surface area contributed by atoms with Crippen molar-refractivity contribution in [2.75, 3.05) is 6.54 Å². The molecule has 1 unspecified atom stereocenters. The van der Waals surface area contributed by atoms with Crippen LogP contribution in [0.4, 0.5) is 4.79 Å². The summed E-state index contributed by atoms with van der Waals surface area (Å²) in [6.07, 6.45) is 2.41. The highest BCUT2D eigenvalue weighted by atomic mass is 16.2. The third-order valence-electron chi connectivity index (χ3n) is 3.96. The number of benzene rings is 1. The summed E-state index contributed by atoms with van der Waals surface area (Å²) in [5, 5.41) is 10.7. The normalized spacial score (nSPS) is 22.8. The van der Waals surface area contributed by atoms with Gasteiger partial charge in [-0.3, -0.25) is 10.7 Å². The van der Waals surface area contributed by atoms with Crippen LogP contribution in [0.3, 0.4) is 0 Å². The Morgan fingerprint density at radius 3 is 2.74 bits per heavy atom. The molecule has 2 aliphatic rings. The van der Waals surface area contributed by atoms with Crippen LogP contribution >= 0.6 is 0 Å². The Balaban J connectivity index is 1.94. The van der Waals surface area contributed by atoms with Crippen molar-refractivity contribution in [2.45, 2.75) is 32.7 Å². The lowest BCUT2D eigenvalue weighted by Gasteiger charge is -2.24. The van der Waals surface area contributed by atoms with Gasteiger partial charge in [0.25, 0.3) is 0 Å². The van der Waals surface area contributed by atoms with Gasteiger partial charge in [0.2, 0.25) is 0 Å². The van der Waals surface area contributed by atoms with Crippen LogP contribution in [-0.2, 0) is 0 Å². The maximum Gasteiger partial charge on any atom is 0.323 e. The number of urea groups is 1. The Kier molecular flexibility index (Phi) is 2.81. The first-order valence-corrected chi connectivity index (χ1v) is 6.79. The van der Waals surface area contributed by atoms with Gasteiger partial charge in [-0.05, 0) is 43.7 Å². The van der Waals surface area contributed by atoms with Gasteiger partial charge in [0.1, 0.15) is 11.9 Å². The van der Waals surface area contributed by atoms with Crippen LogP contribution in [0, 0.1) is 25.2 Å². The second-order valence-corrected chi connectivity index (χ2v) is 5.70. The molecule has 4 nitrogen and oxygen atoms in total. The van der Waals surface area contributed by atoms with E-state index >= 15 is 0 Å². The van der Waals surface area contributed by atoms with E-state index in [9.17, 15) is 4.79 Å². The monoisotopic (exact) mass is 257 g/mol. The number of amidine groups is 1. The molecule has 1 aliphatic carbocycles. The van der Waals surface area contributed by atoms with Gasteiger partial charge in [-0.25, -0.2) is 4.79 Å². The predicted molar refractivity (Wildman–Crippen MR) is 74.3 cm³/mol. The summed E-state index contributed by atoms with van der Waals surface area (Å²) >= 11 is 0. The van der Waals surface area contributed by atoms with Gasteiger partial charge in [0, 0.05) is 6.54 Å². The highest BCUT2D eigenvalue weighted by Gasteiger charge is 2.40. The Hall–Kier alpha value is -1.84. The molecule has 1 atom stereocenters. The SMILES string of the molecule is Cc1ccc(C2C(=N)NC(=O)N2CC2CC2)c(C)c1. The molecular weight excluding hydrogens is 238 g/mol. The molecule has 0 spiro atoms. The van der Waals surface area contributed by atoms with E-state index in [2.05, 4.69) is 18.3 Å². The Bertz CT molecular complexity index is 548. The predicted octanol–water partition coefficient (Wildman–Crippen LogP) is 2.76. The maximum atomic E-state index is 12.0. The molecular formula is C15H19N3O. The molecule has 0 radical (unpaired) electrons. The lowest BCUT2D eigenvalue weighted by molar-refractivity contribution is 0.203. The number of carbonyl (C=O) groups is 1. The van der Waals surface area contributed by atoms with E-state index in [1.165, 1.54) is 18.4 Å². The van der Waals surface area contributed by atoms with Crippen LogP contribution < -0.4 is 5.32 Å². The largest absolute Gasteiger partial charge is 0.323 e. The maximum absolute atomic E-state index is 12.0. The summed E-state index contributed by atoms with van der Waals surface area (Å²) < 4.78 is 0. The van der Waals surface area contributed by atoms with E-state index in [-0.39, 0.29) is 12.1 Å². The second-order valence-electron chi connectivity index (χ2n) is 5.70. The van der Waals surface area contributed by atoms with Crippen LogP contribution in [0.2, 0.25) is 0 Å². The molecule has 2 fully saturated rings. The standard InChI is InChI=1S/C15H19N3O/c1-9-3-6-12(10(2)7-9)13-14(16)17-15(19)18(13)8-11-4-5-11/h3,6-7,11,13H,4-5,8H2,1-2H3,(H2,16,17,19). The summed E-state index contributed by atoms with van der Waals surface area (Å²) in [7, 11) is 0. The lowest BCUT2D eigenvalue weighted by atomic mass is 9.98. The minimum atomic E-state index is -0.228. The quantitative estimate of drug-likeness (QED) is 0.859. The van der Waals surface area contributed by atoms with Crippen LogP contribution in [-0.4, -0.2) is 23.3 Å². The second kappa shape index (κ2) is 4.37. The third kappa shape index (κ3) is 2.23. The lowest BCUT2D eigenvalue weighted by Crippen LogP contribution is -2.32. The summed E-state index contributed by atoms with van der Waals surface area (Å²) in [6.45, 7) is 4.88. The van der Waals surface area contributed by atoms with Crippen LogP contribution in [0.5, 0.6) is 0 Å². The fourth-order valence-corrected chi connectivity index (χ4v) is 2.75. The summed E-state index contributed by atoms with van der Waals surface area (Å²) in [5.41, 5.74) is 3.42. The van der Waals surface area contributed by atoms with Crippen molar-refractivity contribution in [3.8, 4) is 0 Å². The van der Waals surface area contributed by atoms with Crippen LogP contribution in [0.1, 0.15) is 35.6 Å². The molecule has 0 aromatic heterocycles. The number of carbonyl (C=O) groups excluding carboxylic acids is 1. The van der Waals surface area contributed by atoms with E-state index in [0.29, 0.717) is 11.8 Å². The average Bonchev–Trinajstić information content (AvgIpc) is 3.09. The van der Waals surface area contributed by atoms with Gasteiger partial charge in [-0.1, -0.05) is 23.8 Å². The first-order valence-electron chi connectivity index (χ1n) is 6.79. The molecule has 100 valence electrons. The molecule has 2 N–H and O–H groups in total. The third-order valence-corrected chi connectivity index (χ3v) is 3.96. The fraction of sp³-hybridized carbons (Fsp3) is 0.467. The minimum Gasteiger partial charge on any atom is -0.310 e. The van der Waals surface area contributed by atoms with Crippen LogP contribution in [0.25, 0.3) is 0 Å². The first-order chi connectivity index (χ1) is 9.06. The van der Waals surface area contributed by atoms with Crippen molar-refractivity contribution in [1.82, 2.24) is 10.2 Å². The van der Waals surface area contributed by atoms with Gasteiger partial charge in [0.05, 0.1) is 0 Å². The van der Waals surface area contributed by atoms with E-state index in [1.54, 1.807) is 0 Å². The zero-order valence-electron chi connectivity index (χ0n) is 11.4. The van der Waals surface area contributed by atoms with Crippen molar-refractivity contribution >= 4 is 11.9 Å². The highest BCUT2D eigenvalue weighted by Crippen LogP contribution is 2.35. The highest BCUT2D eigenvalue weighted by molar-refractivity contribution is 6.06. The van der Waals surface area contributed by atoms with E-state index in [1.807, 2.05) is 24.0 Å². The number of aryl methyl sites for hydroxylation is 2. The van der Waals surface area contributed by atoms with E-state index < -0.39 is 0 Å². The zero-order chi connectivity index (χ0) is 13.6. The molecule has 1 heterocycles. The van der Waals surface area contributed by atoms with E-state index in [0.717, 1.165) is 17.7 Å². The average molecular weight is 257 g/mol. The summed E-state index contributed by atoms with van der Waals surface area (Å²) in [4.78, 5) is 13.8. The first kappa shape index (κ1) is 12.2. The van der Waals surface area contributed by atoms with Crippen molar-refractivity contribution in [2.24, 2.45) is 5.92 Å². The topological polar surface area (TPSA) is 56.2 Å². The number of hydrogen-bond donors (Lipinski definition) is 2. The van der Waals surface area contributed by atoms with Crippen LogP contribution in [0.15, 0.2) is 18.2 Å². The molecule has 1 aromatic carbocycles. The molecule has 2 amide bonds. The Labute approximate surface area is 113 Å². The van der Waals surface area contributed by atoms with E-state index in [4.69, 9.17) is 5.41 Å². The van der Waals surface area contributed by atoms with Crippen molar-refractivity contribution in [1.29, 1.82) is 5.41 Å². The summed E-state index contributed by atoms with van der Waals surface area (Å²) in [6, 6.07) is 5.86. The number of nitrogens with one attached hydrogen (secondary N) is 2. The smallest absolute Gasteiger partial charge is 0.310 e. The molecule has 3 rings (SSSR count). The van der Waals surface area contributed by atoms with Crippen molar-refractivity contribution in [3.05, 3.63) is 34.9 Å². The van der Waals surface area contributed by atoms with Gasteiger partial charge in [-0.15, -0.1) is 0 Å². The number of nitrogens with zero attached hydrogens (tertiary/aromatic N) is 1. The minimum absolute atomic E-state index is 0.123. The molecule has 1 aromatic rings.